The van der Waals surface area contributed by atoms with Gasteiger partial charge in [0.05, 0.1) is 0 Å². The van der Waals surface area contributed by atoms with E-state index >= 15 is 0 Å². The molecule has 2 bridgehead atoms. The molecular formula is C15H22BrN3. The summed E-state index contributed by atoms with van der Waals surface area (Å²) in [5, 5.41) is 3.70. The Kier molecular flexibility index (Phi) is 3.72. The number of piperidine rings is 2. The zero-order chi connectivity index (χ0) is 13.4. The van der Waals surface area contributed by atoms with Gasteiger partial charge in [0.15, 0.2) is 0 Å². The molecule has 2 atom stereocenters. The predicted octanol–water partition coefficient (Wildman–Crippen LogP) is 3.46. The van der Waals surface area contributed by atoms with Crippen molar-refractivity contribution in [1.82, 2.24) is 4.90 Å². The molecule has 104 valence electrons. The van der Waals surface area contributed by atoms with Crippen LogP contribution in [0.1, 0.15) is 32.1 Å². The lowest BCUT2D eigenvalue weighted by Gasteiger charge is -2.47. The third kappa shape index (κ3) is 2.75. The number of hydrogen-bond acceptors (Lipinski definition) is 3. The largest absolute Gasteiger partial charge is 0.399 e. The summed E-state index contributed by atoms with van der Waals surface area (Å²) in [7, 11) is 2.30. The van der Waals surface area contributed by atoms with Crippen LogP contribution in [0.25, 0.3) is 0 Å². The van der Waals surface area contributed by atoms with Crippen molar-refractivity contribution in [3.63, 3.8) is 0 Å². The Labute approximate surface area is 123 Å². The summed E-state index contributed by atoms with van der Waals surface area (Å²) in [5.74, 6) is 0. The minimum Gasteiger partial charge on any atom is -0.399 e. The fourth-order valence-corrected chi connectivity index (χ4v) is 4.11. The molecule has 3 rings (SSSR count). The van der Waals surface area contributed by atoms with Gasteiger partial charge in [-0.3, -0.25) is 0 Å². The van der Waals surface area contributed by atoms with Crippen LogP contribution in [0.3, 0.4) is 0 Å². The molecule has 2 fully saturated rings. The van der Waals surface area contributed by atoms with Gasteiger partial charge in [-0.25, -0.2) is 0 Å². The van der Waals surface area contributed by atoms with Crippen LogP contribution < -0.4 is 11.1 Å². The van der Waals surface area contributed by atoms with Crippen LogP contribution >= 0.6 is 15.9 Å². The van der Waals surface area contributed by atoms with Gasteiger partial charge in [0, 0.05) is 34.0 Å². The molecule has 0 aromatic heterocycles. The lowest BCUT2D eigenvalue weighted by atomic mass is 9.82. The van der Waals surface area contributed by atoms with Crippen LogP contribution in [0.2, 0.25) is 0 Å². The number of nitrogens with one attached hydrogen (secondary N) is 1. The van der Waals surface area contributed by atoms with Gasteiger partial charge in [0.25, 0.3) is 0 Å². The molecule has 1 aromatic rings. The van der Waals surface area contributed by atoms with E-state index in [0.717, 1.165) is 22.2 Å². The summed E-state index contributed by atoms with van der Waals surface area (Å²) < 4.78 is 1.07. The van der Waals surface area contributed by atoms with E-state index in [9.17, 15) is 0 Å². The lowest BCUT2D eigenvalue weighted by molar-refractivity contribution is 0.0608. The topological polar surface area (TPSA) is 41.3 Å². The number of nitrogens with two attached hydrogens (primary N) is 1. The molecule has 3 nitrogen and oxygen atoms in total. The van der Waals surface area contributed by atoms with E-state index in [2.05, 4.69) is 39.3 Å². The Morgan fingerprint density at radius 1 is 1.26 bits per heavy atom. The normalized spacial score (nSPS) is 31.2. The summed E-state index contributed by atoms with van der Waals surface area (Å²) in [5.41, 5.74) is 7.76. The molecule has 0 aliphatic carbocycles. The molecule has 0 saturated carbocycles. The van der Waals surface area contributed by atoms with Crippen LogP contribution in [0.4, 0.5) is 11.4 Å². The van der Waals surface area contributed by atoms with E-state index in [0.29, 0.717) is 6.04 Å². The first-order chi connectivity index (χ1) is 9.13. The number of benzene rings is 1. The summed E-state index contributed by atoms with van der Waals surface area (Å²) in [6, 6.07) is 8.12. The Morgan fingerprint density at radius 3 is 2.58 bits per heavy atom. The molecule has 4 heteroatoms. The second-order valence-corrected chi connectivity index (χ2v) is 6.81. The zero-order valence-electron chi connectivity index (χ0n) is 11.4. The van der Waals surface area contributed by atoms with Gasteiger partial charge in [-0.2, -0.15) is 0 Å². The molecule has 0 radical (unpaired) electrons. The molecule has 1 aromatic carbocycles. The minimum absolute atomic E-state index is 0.589. The molecule has 0 amide bonds. The average molecular weight is 324 g/mol. The Balaban J connectivity index is 1.70. The summed E-state index contributed by atoms with van der Waals surface area (Å²) in [4.78, 5) is 2.60. The maximum atomic E-state index is 5.79. The molecule has 2 saturated heterocycles. The number of rotatable bonds is 2. The Bertz CT molecular complexity index is 449. The van der Waals surface area contributed by atoms with Gasteiger partial charge in [0.2, 0.25) is 0 Å². The molecule has 2 unspecified atom stereocenters. The van der Waals surface area contributed by atoms with Crippen molar-refractivity contribution in [2.45, 2.75) is 50.2 Å². The SMILES string of the molecule is CN1C2CCCC1CC(Nc1ccc(N)cc1Br)C2. The number of nitrogen functional groups attached to an aromatic ring is 1. The van der Waals surface area contributed by atoms with Crippen LogP contribution in [0, 0.1) is 0 Å². The molecule has 3 N–H and O–H groups in total. The molecule has 19 heavy (non-hydrogen) atoms. The van der Waals surface area contributed by atoms with Gasteiger partial charge in [-0.1, -0.05) is 6.42 Å². The lowest BCUT2D eigenvalue weighted by Crippen LogP contribution is -2.52. The van der Waals surface area contributed by atoms with Crippen molar-refractivity contribution in [2.24, 2.45) is 0 Å². The molecule has 2 aliphatic heterocycles. The van der Waals surface area contributed by atoms with Crippen molar-refractivity contribution in [3.05, 3.63) is 22.7 Å². The highest BCUT2D eigenvalue weighted by molar-refractivity contribution is 9.10. The van der Waals surface area contributed by atoms with Crippen LogP contribution in [0.15, 0.2) is 22.7 Å². The third-order valence-electron chi connectivity index (χ3n) is 4.69. The zero-order valence-corrected chi connectivity index (χ0v) is 13.0. The van der Waals surface area contributed by atoms with E-state index < -0.39 is 0 Å². The molecule has 2 aliphatic rings. The first kappa shape index (κ1) is 13.3. The first-order valence-electron chi connectivity index (χ1n) is 7.17. The van der Waals surface area contributed by atoms with Gasteiger partial charge < -0.3 is 16.0 Å². The van der Waals surface area contributed by atoms with Crippen molar-refractivity contribution >= 4 is 27.3 Å². The number of nitrogens with zero attached hydrogens (tertiary/aromatic N) is 1. The van der Waals surface area contributed by atoms with Gasteiger partial charge in [-0.05, 0) is 66.9 Å². The van der Waals surface area contributed by atoms with Gasteiger partial charge in [-0.15, -0.1) is 0 Å². The summed E-state index contributed by atoms with van der Waals surface area (Å²) >= 11 is 3.59. The summed E-state index contributed by atoms with van der Waals surface area (Å²) in [6.45, 7) is 0. The fourth-order valence-electron chi connectivity index (χ4n) is 3.60. The van der Waals surface area contributed by atoms with E-state index in [4.69, 9.17) is 5.73 Å². The molecular weight excluding hydrogens is 302 g/mol. The van der Waals surface area contributed by atoms with Crippen LogP contribution in [-0.2, 0) is 0 Å². The minimum atomic E-state index is 0.589. The number of fused-ring (bicyclic) bond motifs is 2. The van der Waals surface area contributed by atoms with Crippen molar-refractivity contribution in [1.29, 1.82) is 0 Å². The highest BCUT2D eigenvalue weighted by Crippen LogP contribution is 2.35. The second kappa shape index (κ2) is 5.33. The maximum Gasteiger partial charge on any atom is 0.0488 e. The monoisotopic (exact) mass is 323 g/mol. The van der Waals surface area contributed by atoms with Gasteiger partial charge >= 0.3 is 0 Å². The quantitative estimate of drug-likeness (QED) is 0.819. The fraction of sp³-hybridized carbons (Fsp3) is 0.600. The van der Waals surface area contributed by atoms with E-state index in [1.165, 1.54) is 37.8 Å². The van der Waals surface area contributed by atoms with E-state index in [1.54, 1.807) is 0 Å². The van der Waals surface area contributed by atoms with E-state index in [-0.39, 0.29) is 0 Å². The Hall–Kier alpha value is -0.740. The highest BCUT2D eigenvalue weighted by Gasteiger charge is 2.35. The number of anilines is 2. The standard InChI is InChI=1S/C15H22BrN3/c1-19-12-3-2-4-13(19)9-11(8-12)18-15-6-5-10(17)7-14(15)16/h5-7,11-13,18H,2-4,8-9,17H2,1H3. The Morgan fingerprint density at radius 2 is 1.95 bits per heavy atom. The smallest absolute Gasteiger partial charge is 0.0488 e. The average Bonchev–Trinajstić information content (AvgIpc) is 2.34. The third-order valence-corrected chi connectivity index (χ3v) is 5.35. The van der Waals surface area contributed by atoms with Crippen molar-refractivity contribution in [3.8, 4) is 0 Å². The maximum absolute atomic E-state index is 5.79. The van der Waals surface area contributed by atoms with Gasteiger partial charge in [0.1, 0.15) is 0 Å². The van der Waals surface area contributed by atoms with Crippen molar-refractivity contribution in [2.75, 3.05) is 18.1 Å². The number of halogens is 1. The summed E-state index contributed by atoms with van der Waals surface area (Å²) in [6.07, 6.45) is 6.62. The highest BCUT2D eigenvalue weighted by atomic mass is 79.9. The van der Waals surface area contributed by atoms with Crippen LogP contribution in [0.5, 0.6) is 0 Å². The first-order valence-corrected chi connectivity index (χ1v) is 7.96. The van der Waals surface area contributed by atoms with Crippen molar-refractivity contribution < 1.29 is 0 Å². The predicted molar refractivity (Wildman–Crippen MR) is 84.4 cm³/mol. The second-order valence-electron chi connectivity index (χ2n) is 5.96. The molecule has 0 spiro atoms. The van der Waals surface area contributed by atoms with E-state index in [1.807, 2.05) is 12.1 Å². The number of hydrogen-bond donors (Lipinski definition) is 2. The van der Waals surface area contributed by atoms with Crippen LogP contribution in [-0.4, -0.2) is 30.1 Å². The molecule has 2 heterocycles.